The average molecular weight is 328 g/mol. The van der Waals surface area contributed by atoms with Crippen molar-refractivity contribution in [3.05, 3.63) is 59.7 Å². The van der Waals surface area contributed by atoms with E-state index >= 15 is 0 Å². The molecule has 0 aliphatic heterocycles. The van der Waals surface area contributed by atoms with E-state index in [4.69, 9.17) is 9.84 Å². The molecular formula is C18H20N2O4. The van der Waals surface area contributed by atoms with Gasteiger partial charge in [-0.25, -0.2) is 4.79 Å². The summed E-state index contributed by atoms with van der Waals surface area (Å²) in [5.41, 5.74) is 2.68. The second-order valence-corrected chi connectivity index (χ2v) is 5.42. The third-order valence-electron chi connectivity index (χ3n) is 3.37. The van der Waals surface area contributed by atoms with Crippen molar-refractivity contribution in [2.45, 2.75) is 6.61 Å². The number of hydrogen-bond acceptors (Lipinski definition) is 5. The predicted molar refractivity (Wildman–Crippen MR) is 92.0 cm³/mol. The number of hydrogen-bond donors (Lipinski definition) is 2. The molecule has 0 radical (unpaired) electrons. The van der Waals surface area contributed by atoms with Crippen LogP contribution in [-0.2, 0) is 16.1 Å². The molecule has 1 amide bonds. The number of rotatable bonds is 6. The van der Waals surface area contributed by atoms with Crippen molar-refractivity contribution in [1.82, 2.24) is 0 Å². The third kappa shape index (κ3) is 4.82. The Bertz CT molecular complexity index is 694. The number of benzene rings is 2. The molecule has 0 aliphatic rings. The molecule has 0 aromatic heterocycles. The van der Waals surface area contributed by atoms with Crippen LogP contribution in [0.5, 0.6) is 0 Å². The molecule has 2 aromatic rings. The van der Waals surface area contributed by atoms with Gasteiger partial charge in [0.25, 0.3) is 5.91 Å². The van der Waals surface area contributed by atoms with Crippen LogP contribution >= 0.6 is 0 Å². The normalized spacial score (nSPS) is 10.1. The molecule has 6 heteroatoms. The first-order valence-corrected chi connectivity index (χ1v) is 7.44. The summed E-state index contributed by atoms with van der Waals surface area (Å²) in [5, 5.41) is 11.6. The van der Waals surface area contributed by atoms with Crippen LogP contribution < -0.4 is 10.2 Å². The van der Waals surface area contributed by atoms with E-state index in [2.05, 4.69) is 5.32 Å². The lowest BCUT2D eigenvalue weighted by atomic mass is 10.1. The lowest BCUT2D eigenvalue weighted by molar-refractivity contribution is -0.119. The van der Waals surface area contributed by atoms with E-state index in [1.807, 2.05) is 31.1 Å². The summed E-state index contributed by atoms with van der Waals surface area (Å²) in [7, 11) is 3.86. The maximum absolute atomic E-state index is 11.9. The molecule has 126 valence electrons. The van der Waals surface area contributed by atoms with Gasteiger partial charge in [-0.1, -0.05) is 12.1 Å². The molecule has 0 unspecified atom stereocenters. The number of amides is 1. The van der Waals surface area contributed by atoms with Crippen LogP contribution in [0.4, 0.5) is 11.4 Å². The van der Waals surface area contributed by atoms with Crippen LogP contribution in [0.3, 0.4) is 0 Å². The zero-order valence-electron chi connectivity index (χ0n) is 13.7. The van der Waals surface area contributed by atoms with E-state index in [1.54, 1.807) is 36.4 Å². The fourth-order valence-electron chi connectivity index (χ4n) is 2.00. The Morgan fingerprint density at radius 3 is 2.21 bits per heavy atom. The minimum atomic E-state index is -0.586. The Morgan fingerprint density at radius 2 is 1.67 bits per heavy atom. The molecule has 0 atom stereocenters. The molecule has 2 aromatic carbocycles. The first-order valence-electron chi connectivity index (χ1n) is 7.44. The van der Waals surface area contributed by atoms with E-state index < -0.39 is 11.9 Å². The van der Waals surface area contributed by atoms with E-state index in [1.165, 1.54) is 0 Å². The highest BCUT2D eigenvalue weighted by Crippen LogP contribution is 2.15. The standard InChI is InChI=1S/C18H20N2O4/c1-20(2)16-9-7-15(8-10-16)19-17(22)12-24-18(23)14-5-3-13(11-21)4-6-14/h3-10,21H,11-12H2,1-2H3,(H,19,22). The molecule has 0 aliphatic carbocycles. The van der Waals surface area contributed by atoms with Gasteiger partial charge in [0.15, 0.2) is 6.61 Å². The highest BCUT2D eigenvalue weighted by atomic mass is 16.5. The molecule has 24 heavy (non-hydrogen) atoms. The Morgan fingerprint density at radius 1 is 1.04 bits per heavy atom. The smallest absolute Gasteiger partial charge is 0.338 e. The SMILES string of the molecule is CN(C)c1ccc(NC(=O)COC(=O)c2ccc(CO)cc2)cc1. The molecule has 0 spiro atoms. The number of nitrogens with zero attached hydrogens (tertiary/aromatic N) is 1. The van der Waals surface area contributed by atoms with Gasteiger partial charge in [-0.2, -0.15) is 0 Å². The van der Waals surface area contributed by atoms with Gasteiger partial charge in [0, 0.05) is 25.5 Å². The van der Waals surface area contributed by atoms with Crippen molar-refractivity contribution < 1.29 is 19.4 Å². The van der Waals surface area contributed by atoms with Gasteiger partial charge in [-0.05, 0) is 42.0 Å². The number of anilines is 2. The molecule has 0 heterocycles. The molecule has 0 saturated carbocycles. The fraction of sp³-hybridized carbons (Fsp3) is 0.222. The van der Waals surface area contributed by atoms with Crippen molar-refractivity contribution in [2.24, 2.45) is 0 Å². The van der Waals surface area contributed by atoms with Crippen LogP contribution in [0.2, 0.25) is 0 Å². The van der Waals surface area contributed by atoms with Crippen LogP contribution in [0, 0.1) is 0 Å². The molecule has 0 bridgehead atoms. The Labute approximate surface area is 140 Å². The zero-order valence-corrected chi connectivity index (χ0v) is 13.7. The monoisotopic (exact) mass is 328 g/mol. The van der Waals surface area contributed by atoms with Crippen molar-refractivity contribution in [3.63, 3.8) is 0 Å². The molecule has 2 rings (SSSR count). The lowest BCUT2D eigenvalue weighted by Gasteiger charge is -2.13. The van der Waals surface area contributed by atoms with Crippen molar-refractivity contribution in [2.75, 3.05) is 30.9 Å². The van der Waals surface area contributed by atoms with E-state index in [9.17, 15) is 9.59 Å². The average Bonchev–Trinajstić information content (AvgIpc) is 2.60. The summed E-state index contributed by atoms with van der Waals surface area (Å²) in [6.07, 6.45) is 0. The summed E-state index contributed by atoms with van der Waals surface area (Å²) >= 11 is 0. The van der Waals surface area contributed by atoms with Crippen molar-refractivity contribution in [1.29, 1.82) is 0 Å². The summed E-state index contributed by atoms with van der Waals surface area (Å²) in [6.45, 7) is -0.458. The summed E-state index contributed by atoms with van der Waals surface area (Å²) in [6, 6.07) is 13.7. The fourth-order valence-corrected chi connectivity index (χ4v) is 2.00. The van der Waals surface area contributed by atoms with Crippen molar-refractivity contribution in [3.8, 4) is 0 Å². The van der Waals surface area contributed by atoms with Crippen LogP contribution in [0.25, 0.3) is 0 Å². The molecular weight excluding hydrogens is 308 g/mol. The second kappa shape index (κ2) is 8.12. The Kier molecular flexibility index (Phi) is 5.92. The highest BCUT2D eigenvalue weighted by molar-refractivity contribution is 5.95. The van der Waals surface area contributed by atoms with Gasteiger partial charge >= 0.3 is 5.97 Å². The number of esters is 1. The van der Waals surface area contributed by atoms with Gasteiger partial charge in [0.1, 0.15) is 0 Å². The number of nitrogens with one attached hydrogen (secondary N) is 1. The molecule has 0 fully saturated rings. The minimum absolute atomic E-state index is 0.0929. The third-order valence-corrected chi connectivity index (χ3v) is 3.37. The number of carbonyl (C=O) groups excluding carboxylic acids is 2. The molecule has 0 saturated heterocycles. The number of aliphatic hydroxyl groups is 1. The minimum Gasteiger partial charge on any atom is -0.452 e. The van der Waals surface area contributed by atoms with Gasteiger partial charge in [-0.3, -0.25) is 4.79 Å². The lowest BCUT2D eigenvalue weighted by Crippen LogP contribution is -2.21. The van der Waals surface area contributed by atoms with Gasteiger partial charge in [0.2, 0.25) is 0 Å². The number of ether oxygens (including phenoxy) is 1. The number of aliphatic hydroxyl groups excluding tert-OH is 1. The maximum Gasteiger partial charge on any atom is 0.338 e. The quantitative estimate of drug-likeness (QED) is 0.794. The Hall–Kier alpha value is -2.86. The molecule has 6 nitrogen and oxygen atoms in total. The second-order valence-electron chi connectivity index (χ2n) is 5.42. The molecule has 2 N–H and O–H groups in total. The summed E-state index contributed by atoms with van der Waals surface area (Å²) < 4.78 is 4.98. The summed E-state index contributed by atoms with van der Waals surface area (Å²) in [5.74, 6) is -0.995. The Balaban J connectivity index is 1.84. The van der Waals surface area contributed by atoms with E-state index in [-0.39, 0.29) is 13.2 Å². The first kappa shape index (κ1) is 17.5. The van der Waals surface area contributed by atoms with Gasteiger partial charge < -0.3 is 20.1 Å². The highest BCUT2D eigenvalue weighted by Gasteiger charge is 2.10. The van der Waals surface area contributed by atoms with Crippen molar-refractivity contribution >= 4 is 23.3 Å². The summed E-state index contributed by atoms with van der Waals surface area (Å²) in [4.78, 5) is 25.6. The largest absolute Gasteiger partial charge is 0.452 e. The van der Waals surface area contributed by atoms with Crippen LogP contribution in [0.1, 0.15) is 15.9 Å². The first-order chi connectivity index (χ1) is 11.5. The van der Waals surface area contributed by atoms with Gasteiger partial charge in [-0.15, -0.1) is 0 Å². The van der Waals surface area contributed by atoms with E-state index in [0.29, 0.717) is 16.8 Å². The van der Waals surface area contributed by atoms with E-state index in [0.717, 1.165) is 5.69 Å². The predicted octanol–water partition coefficient (Wildman–Crippen LogP) is 2.04. The number of carbonyl (C=O) groups is 2. The van der Waals surface area contributed by atoms with Gasteiger partial charge in [0.05, 0.1) is 12.2 Å². The maximum atomic E-state index is 11.9. The van der Waals surface area contributed by atoms with Crippen LogP contribution in [-0.4, -0.2) is 37.7 Å². The van der Waals surface area contributed by atoms with Crippen LogP contribution in [0.15, 0.2) is 48.5 Å². The topological polar surface area (TPSA) is 78.9 Å². The zero-order chi connectivity index (χ0) is 17.5.